The maximum absolute atomic E-state index is 13.4. The van der Waals surface area contributed by atoms with Gasteiger partial charge in [0.05, 0.1) is 29.0 Å². The molecule has 3 aromatic rings. The Kier molecular flexibility index (Phi) is 12.8. The van der Waals surface area contributed by atoms with E-state index in [1.54, 1.807) is 29.7 Å². The third-order valence-corrected chi connectivity index (χ3v) is 10.2. The van der Waals surface area contributed by atoms with Crippen molar-refractivity contribution in [3.63, 3.8) is 0 Å². The Labute approximate surface area is 285 Å². The predicted octanol–water partition coefficient (Wildman–Crippen LogP) is 9.03. The Morgan fingerprint density at radius 3 is 2.08 bits per heavy atom. The molecule has 8 heteroatoms. The Balaban J connectivity index is 1.05. The van der Waals surface area contributed by atoms with Gasteiger partial charge in [0.1, 0.15) is 12.4 Å². The Morgan fingerprint density at radius 2 is 1.48 bits per heavy atom. The first-order chi connectivity index (χ1) is 23.4. The Morgan fingerprint density at radius 1 is 0.875 bits per heavy atom. The number of esters is 2. The molecule has 0 amide bonds. The lowest BCUT2D eigenvalue weighted by Gasteiger charge is -2.31. The lowest BCUT2D eigenvalue weighted by atomic mass is 9.86. The van der Waals surface area contributed by atoms with Crippen LogP contribution in [-0.4, -0.2) is 26.6 Å². The molecular formula is C40H54N2O6. The smallest absolute Gasteiger partial charge is 0.343 e. The minimum Gasteiger partial charge on any atom is -0.458 e. The summed E-state index contributed by atoms with van der Waals surface area (Å²) < 4.78 is 12.6. The van der Waals surface area contributed by atoms with Gasteiger partial charge in [-0.15, -0.1) is 0 Å². The highest BCUT2D eigenvalue weighted by Crippen LogP contribution is 2.39. The summed E-state index contributed by atoms with van der Waals surface area (Å²) >= 11 is 0. The van der Waals surface area contributed by atoms with Gasteiger partial charge in [-0.3, -0.25) is 9.59 Å². The third-order valence-electron chi connectivity index (χ3n) is 10.2. The minimum atomic E-state index is -1.87. The van der Waals surface area contributed by atoms with Crippen molar-refractivity contribution in [3.8, 4) is 17.1 Å². The molecule has 0 saturated carbocycles. The molecule has 260 valence electrons. The van der Waals surface area contributed by atoms with E-state index in [1.807, 2.05) is 12.1 Å². The van der Waals surface area contributed by atoms with Crippen LogP contribution in [0.15, 0.2) is 35.1 Å². The Hall–Kier alpha value is -3.52. The van der Waals surface area contributed by atoms with Gasteiger partial charge >= 0.3 is 11.9 Å². The molecule has 5 rings (SSSR count). The normalized spacial score (nSPS) is 16.4. The number of pyridine rings is 2. The number of rotatable bonds is 20. The van der Waals surface area contributed by atoms with E-state index in [1.165, 1.54) is 89.9 Å². The quantitative estimate of drug-likeness (QED) is 0.0573. The molecule has 0 spiro atoms. The topological polar surface area (TPSA) is 108 Å². The first kappa shape index (κ1) is 35.8. The predicted molar refractivity (Wildman–Crippen MR) is 189 cm³/mol. The lowest BCUT2D eigenvalue weighted by Crippen LogP contribution is -2.44. The summed E-state index contributed by atoms with van der Waals surface area (Å²) in [5.74, 6) is -0.533. The van der Waals surface area contributed by atoms with Crippen LogP contribution in [0.2, 0.25) is 0 Å². The zero-order valence-corrected chi connectivity index (χ0v) is 29.1. The van der Waals surface area contributed by atoms with Crippen LogP contribution in [0.4, 0.5) is 0 Å². The zero-order chi connectivity index (χ0) is 33.9. The molecule has 1 aromatic carbocycles. The number of carbonyl (C=O) groups excluding carboxylic acids is 2. The summed E-state index contributed by atoms with van der Waals surface area (Å²) in [5, 5.41) is 11.8. The van der Waals surface area contributed by atoms with Crippen molar-refractivity contribution >= 4 is 22.8 Å². The second-order valence-corrected chi connectivity index (χ2v) is 13.8. The van der Waals surface area contributed by atoms with E-state index in [4.69, 9.17) is 14.5 Å². The summed E-state index contributed by atoms with van der Waals surface area (Å²) in [6, 6.07) is 9.06. The summed E-state index contributed by atoms with van der Waals surface area (Å²) in [6.07, 6.45) is 22.5. The van der Waals surface area contributed by atoms with Crippen molar-refractivity contribution in [2.75, 3.05) is 0 Å². The molecule has 1 atom stereocenters. The molecule has 8 nitrogen and oxygen atoms in total. The summed E-state index contributed by atoms with van der Waals surface area (Å²) in [7, 11) is 0. The molecule has 1 N–H and O–H groups in total. The van der Waals surface area contributed by atoms with E-state index < -0.39 is 11.6 Å². The zero-order valence-electron chi connectivity index (χ0n) is 29.1. The lowest BCUT2D eigenvalue weighted by molar-refractivity contribution is -0.172. The second-order valence-electron chi connectivity index (χ2n) is 13.8. The van der Waals surface area contributed by atoms with E-state index in [9.17, 15) is 19.5 Å². The number of carbonyl (C=O) groups is 2. The van der Waals surface area contributed by atoms with Crippen LogP contribution < -0.4 is 10.3 Å². The van der Waals surface area contributed by atoms with Gasteiger partial charge in [-0.2, -0.15) is 0 Å². The molecule has 2 aliphatic heterocycles. The fourth-order valence-electron chi connectivity index (χ4n) is 7.23. The molecule has 0 aliphatic carbocycles. The highest BCUT2D eigenvalue weighted by Gasteiger charge is 2.45. The van der Waals surface area contributed by atoms with Crippen molar-refractivity contribution < 1.29 is 24.2 Å². The first-order valence-corrected chi connectivity index (χ1v) is 18.7. The van der Waals surface area contributed by atoms with Crippen molar-refractivity contribution in [2.24, 2.45) is 0 Å². The van der Waals surface area contributed by atoms with Gasteiger partial charge in [-0.05, 0) is 37.1 Å². The van der Waals surface area contributed by atoms with E-state index in [0.29, 0.717) is 52.1 Å². The highest BCUT2D eigenvalue weighted by atomic mass is 16.6. The molecule has 0 saturated heterocycles. The second kappa shape index (κ2) is 17.2. The average molecular weight is 659 g/mol. The van der Waals surface area contributed by atoms with Crippen LogP contribution in [0.25, 0.3) is 22.3 Å². The van der Waals surface area contributed by atoms with E-state index >= 15 is 0 Å². The van der Waals surface area contributed by atoms with Gasteiger partial charge in [0.15, 0.2) is 5.60 Å². The fraction of sp³-hybridized carbons (Fsp3) is 0.600. The number of cyclic esters (lactones) is 1. The Bertz CT molecular complexity index is 1630. The summed E-state index contributed by atoms with van der Waals surface area (Å²) in [6.45, 7) is 4.08. The maximum Gasteiger partial charge on any atom is 0.343 e. The van der Waals surface area contributed by atoms with Crippen molar-refractivity contribution in [1.82, 2.24) is 9.55 Å². The number of aromatic nitrogens is 2. The van der Waals surface area contributed by atoms with E-state index in [-0.39, 0.29) is 24.6 Å². The summed E-state index contributed by atoms with van der Waals surface area (Å²) in [4.78, 5) is 43.5. The maximum atomic E-state index is 13.4. The SMILES string of the molecule is CCCCCCCCCCCCCCCCCCCC(=O)Oc1cccc2nc3c(cc12)Cn1c-3cc2c(c1=O)COC(=O)C2(O)CC. The van der Waals surface area contributed by atoms with Gasteiger partial charge < -0.3 is 19.1 Å². The number of unbranched alkanes of at least 4 members (excludes halogenated alkanes) is 16. The monoisotopic (exact) mass is 658 g/mol. The first-order valence-electron chi connectivity index (χ1n) is 18.7. The van der Waals surface area contributed by atoms with Crippen LogP contribution in [0, 0.1) is 0 Å². The molecule has 48 heavy (non-hydrogen) atoms. The van der Waals surface area contributed by atoms with Crippen LogP contribution in [0.1, 0.15) is 153 Å². The molecule has 1 unspecified atom stereocenters. The number of benzene rings is 1. The molecule has 2 aliphatic rings. The van der Waals surface area contributed by atoms with Gasteiger partial charge in [-0.25, -0.2) is 9.78 Å². The van der Waals surface area contributed by atoms with E-state index in [2.05, 4.69) is 6.92 Å². The molecule has 0 radical (unpaired) electrons. The van der Waals surface area contributed by atoms with Gasteiger partial charge in [0.25, 0.3) is 5.56 Å². The van der Waals surface area contributed by atoms with Crippen LogP contribution in [-0.2, 0) is 33.1 Å². The number of hydrogen-bond acceptors (Lipinski definition) is 7. The average Bonchev–Trinajstić information content (AvgIpc) is 3.45. The number of hydrogen-bond donors (Lipinski definition) is 1. The summed E-state index contributed by atoms with van der Waals surface area (Å²) in [5.41, 5.74) is 1.04. The van der Waals surface area contributed by atoms with E-state index in [0.717, 1.165) is 24.8 Å². The molecule has 0 bridgehead atoms. The van der Waals surface area contributed by atoms with Crippen LogP contribution in [0.5, 0.6) is 5.75 Å². The third kappa shape index (κ3) is 8.36. The van der Waals surface area contributed by atoms with Gasteiger partial charge in [0.2, 0.25) is 0 Å². The largest absolute Gasteiger partial charge is 0.458 e. The molecule has 2 aromatic heterocycles. The highest BCUT2D eigenvalue weighted by molar-refractivity contribution is 5.91. The van der Waals surface area contributed by atoms with Crippen molar-refractivity contribution in [2.45, 2.75) is 155 Å². The van der Waals surface area contributed by atoms with Gasteiger partial charge in [-0.1, -0.05) is 123 Å². The number of ether oxygens (including phenoxy) is 2. The van der Waals surface area contributed by atoms with Crippen LogP contribution in [0.3, 0.4) is 0 Å². The van der Waals surface area contributed by atoms with Crippen molar-refractivity contribution in [3.05, 3.63) is 57.4 Å². The van der Waals surface area contributed by atoms with Gasteiger partial charge in [0, 0.05) is 22.9 Å². The number of nitrogens with zero attached hydrogens (tertiary/aromatic N) is 2. The molecule has 0 fully saturated rings. The van der Waals surface area contributed by atoms with Crippen LogP contribution >= 0.6 is 0 Å². The van der Waals surface area contributed by atoms with Crippen molar-refractivity contribution in [1.29, 1.82) is 0 Å². The minimum absolute atomic E-state index is 0.0912. The standard InChI is InChI=1S/C40H54N2O6/c1-3-5-6-7-8-9-10-11-12-13-14-15-16-17-18-19-20-24-36(43)48-35-23-21-22-33-30(35)25-29-27-42-34(37(29)41-33)26-32-31(38(42)44)28-47-39(45)40(32,46)4-2/h21-23,25-26,46H,3-20,24,27-28H2,1-2H3. The number of aliphatic hydroxyl groups is 1. The molecule has 4 heterocycles. The molecular weight excluding hydrogens is 604 g/mol. The fourth-order valence-corrected chi connectivity index (χ4v) is 7.23. The number of fused-ring (bicyclic) bond motifs is 5.